The van der Waals surface area contributed by atoms with Crippen molar-refractivity contribution in [2.24, 2.45) is 0 Å². The molecule has 0 fully saturated rings. The molecule has 0 aromatic carbocycles. The molecule has 0 atom stereocenters. The van der Waals surface area contributed by atoms with Crippen LogP contribution in [0.15, 0.2) is 0 Å². The molecule has 0 aliphatic heterocycles. The SMILES string of the molecule is CCCN(CCC)C(CCCCCC(=O)OCC)(OC)OC. The number of esters is 1. The molecule has 5 heteroatoms. The van der Waals surface area contributed by atoms with Crippen molar-refractivity contribution < 1.29 is 19.0 Å². The van der Waals surface area contributed by atoms with Crippen molar-refractivity contribution in [3.05, 3.63) is 0 Å². The molecule has 0 unspecified atom stereocenters. The van der Waals surface area contributed by atoms with E-state index in [1.54, 1.807) is 14.2 Å². The third-order valence-electron chi connectivity index (χ3n) is 3.79. The third kappa shape index (κ3) is 7.56. The molecule has 5 nitrogen and oxygen atoms in total. The Morgan fingerprint density at radius 3 is 2.00 bits per heavy atom. The summed E-state index contributed by atoms with van der Waals surface area (Å²) in [5.41, 5.74) is 0. The Morgan fingerprint density at radius 1 is 0.955 bits per heavy atom. The summed E-state index contributed by atoms with van der Waals surface area (Å²) in [4.78, 5) is 13.6. The van der Waals surface area contributed by atoms with Crippen molar-refractivity contribution in [2.75, 3.05) is 33.9 Å². The van der Waals surface area contributed by atoms with Crippen molar-refractivity contribution in [3.8, 4) is 0 Å². The summed E-state index contributed by atoms with van der Waals surface area (Å²) >= 11 is 0. The molecule has 0 N–H and O–H groups in total. The molecule has 0 spiro atoms. The molecule has 22 heavy (non-hydrogen) atoms. The summed E-state index contributed by atoms with van der Waals surface area (Å²) < 4.78 is 16.4. The average molecular weight is 317 g/mol. The van der Waals surface area contributed by atoms with Gasteiger partial charge in [-0.15, -0.1) is 0 Å². The van der Waals surface area contributed by atoms with Gasteiger partial charge in [0.2, 0.25) is 5.91 Å². The fourth-order valence-corrected chi connectivity index (χ4v) is 2.72. The number of hydrogen-bond acceptors (Lipinski definition) is 5. The lowest BCUT2D eigenvalue weighted by Gasteiger charge is -2.41. The lowest BCUT2D eigenvalue weighted by molar-refractivity contribution is -0.299. The smallest absolute Gasteiger partial charge is 0.305 e. The van der Waals surface area contributed by atoms with E-state index in [2.05, 4.69) is 18.7 Å². The summed E-state index contributed by atoms with van der Waals surface area (Å²) in [5, 5.41) is 0. The molecular weight excluding hydrogens is 282 g/mol. The summed E-state index contributed by atoms with van der Waals surface area (Å²) in [5.74, 6) is -0.749. The van der Waals surface area contributed by atoms with Crippen LogP contribution >= 0.6 is 0 Å². The molecule has 0 saturated carbocycles. The van der Waals surface area contributed by atoms with Crippen LogP contribution in [0, 0.1) is 0 Å². The number of unbranched alkanes of at least 4 members (excludes halogenated alkanes) is 2. The second-order valence-corrected chi connectivity index (χ2v) is 5.47. The van der Waals surface area contributed by atoms with Crippen molar-refractivity contribution in [3.63, 3.8) is 0 Å². The minimum atomic E-state index is -0.643. The number of methoxy groups -OCH3 is 2. The summed E-state index contributed by atoms with van der Waals surface area (Å²) in [6.45, 7) is 8.53. The maximum Gasteiger partial charge on any atom is 0.305 e. The fraction of sp³-hybridized carbons (Fsp3) is 0.941. The Hall–Kier alpha value is -0.650. The highest BCUT2D eigenvalue weighted by atomic mass is 16.7. The number of carbonyl (C=O) groups excluding carboxylic acids is 1. The minimum Gasteiger partial charge on any atom is -0.466 e. The molecule has 0 aromatic rings. The Morgan fingerprint density at radius 2 is 1.55 bits per heavy atom. The van der Waals surface area contributed by atoms with Gasteiger partial charge in [0, 0.05) is 40.2 Å². The standard InChI is InChI=1S/C17H35NO4/c1-6-14-18(15-7-2)17(20-4,21-5)13-11-9-10-12-16(19)22-8-3/h6-15H2,1-5H3. The molecule has 0 heterocycles. The largest absolute Gasteiger partial charge is 0.466 e. The minimum absolute atomic E-state index is 0.106. The third-order valence-corrected chi connectivity index (χ3v) is 3.79. The first-order chi connectivity index (χ1) is 10.6. The van der Waals surface area contributed by atoms with Crippen LogP contribution in [0.4, 0.5) is 0 Å². The second-order valence-electron chi connectivity index (χ2n) is 5.47. The van der Waals surface area contributed by atoms with Crippen molar-refractivity contribution in [2.45, 2.75) is 71.6 Å². The van der Waals surface area contributed by atoms with E-state index < -0.39 is 5.91 Å². The molecule has 0 amide bonds. The van der Waals surface area contributed by atoms with Crippen molar-refractivity contribution in [1.29, 1.82) is 0 Å². The van der Waals surface area contributed by atoms with E-state index in [1.807, 2.05) is 6.92 Å². The normalized spacial score (nSPS) is 11.9. The van der Waals surface area contributed by atoms with Gasteiger partial charge in [-0.3, -0.25) is 9.69 Å². The highest BCUT2D eigenvalue weighted by molar-refractivity contribution is 5.69. The predicted octanol–water partition coefficient (Wildman–Crippen LogP) is 3.57. The van der Waals surface area contributed by atoms with Crippen LogP contribution in [-0.4, -0.2) is 50.7 Å². The van der Waals surface area contributed by atoms with Crippen LogP contribution in [0.1, 0.15) is 65.7 Å². The van der Waals surface area contributed by atoms with Gasteiger partial charge in [-0.25, -0.2) is 0 Å². The predicted molar refractivity (Wildman–Crippen MR) is 88.6 cm³/mol. The molecule has 0 rings (SSSR count). The zero-order chi connectivity index (χ0) is 16.8. The molecule has 0 aromatic heterocycles. The van der Waals surface area contributed by atoms with Gasteiger partial charge < -0.3 is 14.2 Å². The van der Waals surface area contributed by atoms with Crippen LogP contribution in [0.2, 0.25) is 0 Å². The zero-order valence-electron chi connectivity index (χ0n) is 15.2. The van der Waals surface area contributed by atoms with Gasteiger partial charge in [0.15, 0.2) is 0 Å². The van der Waals surface area contributed by atoms with E-state index in [-0.39, 0.29) is 5.97 Å². The van der Waals surface area contributed by atoms with Crippen LogP contribution in [-0.2, 0) is 19.0 Å². The summed E-state index contributed by atoms with van der Waals surface area (Å²) in [6.07, 6.45) is 6.22. The Bertz CT molecular complexity index is 274. The highest BCUT2D eigenvalue weighted by Gasteiger charge is 2.35. The topological polar surface area (TPSA) is 48.0 Å². The first-order valence-electron chi connectivity index (χ1n) is 8.61. The van der Waals surface area contributed by atoms with Gasteiger partial charge in [0.05, 0.1) is 6.61 Å². The maximum atomic E-state index is 11.3. The number of hydrogen-bond donors (Lipinski definition) is 0. The number of rotatable bonds is 14. The quantitative estimate of drug-likeness (QED) is 0.278. The van der Waals surface area contributed by atoms with Crippen LogP contribution in [0.5, 0.6) is 0 Å². The molecule has 0 aliphatic rings. The molecule has 0 aliphatic carbocycles. The Labute approximate surface area is 136 Å². The van der Waals surface area contributed by atoms with Crippen LogP contribution in [0.25, 0.3) is 0 Å². The number of carbonyl (C=O) groups is 1. The summed E-state index contributed by atoms with van der Waals surface area (Å²) in [7, 11) is 3.42. The maximum absolute atomic E-state index is 11.3. The van der Waals surface area contributed by atoms with Gasteiger partial charge in [-0.1, -0.05) is 20.3 Å². The monoisotopic (exact) mass is 317 g/mol. The van der Waals surface area contributed by atoms with Crippen LogP contribution in [0.3, 0.4) is 0 Å². The van der Waals surface area contributed by atoms with E-state index in [9.17, 15) is 4.79 Å². The first-order valence-corrected chi connectivity index (χ1v) is 8.61. The zero-order valence-corrected chi connectivity index (χ0v) is 15.2. The molecule has 0 saturated heterocycles. The number of ether oxygens (including phenoxy) is 3. The molecule has 132 valence electrons. The molecule has 0 radical (unpaired) electrons. The van der Waals surface area contributed by atoms with Gasteiger partial charge >= 0.3 is 5.97 Å². The molecular formula is C17H35NO4. The van der Waals surface area contributed by atoms with E-state index in [1.165, 1.54) is 0 Å². The van der Waals surface area contributed by atoms with Crippen molar-refractivity contribution >= 4 is 5.97 Å². The second kappa shape index (κ2) is 12.9. The Kier molecular flexibility index (Phi) is 12.5. The number of nitrogens with zero attached hydrogens (tertiary/aromatic N) is 1. The average Bonchev–Trinajstić information content (AvgIpc) is 2.51. The molecule has 0 bridgehead atoms. The Balaban J connectivity index is 4.34. The van der Waals surface area contributed by atoms with E-state index >= 15 is 0 Å². The van der Waals surface area contributed by atoms with E-state index in [4.69, 9.17) is 14.2 Å². The van der Waals surface area contributed by atoms with Gasteiger partial charge in [0.25, 0.3) is 0 Å². The van der Waals surface area contributed by atoms with Crippen molar-refractivity contribution in [1.82, 2.24) is 4.90 Å². The summed E-state index contributed by atoms with van der Waals surface area (Å²) in [6, 6.07) is 0. The van der Waals surface area contributed by atoms with Gasteiger partial charge in [0.1, 0.15) is 0 Å². The van der Waals surface area contributed by atoms with Crippen LogP contribution < -0.4 is 0 Å². The van der Waals surface area contributed by atoms with E-state index in [0.717, 1.165) is 51.6 Å². The highest BCUT2D eigenvalue weighted by Crippen LogP contribution is 2.26. The lowest BCUT2D eigenvalue weighted by atomic mass is 10.1. The van der Waals surface area contributed by atoms with Gasteiger partial charge in [-0.2, -0.15) is 0 Å². The van der Waals surface area contributed by atoms with E-state index in [0.29, 0.717) is 13.0 Å². The lowest BCUT2D eigenvalue weighted by Crippen LogP contribution is -2.52. The van der Waals surface area contributed by atoms with Gasteiger partial charge in [-0.05, 0) is 32.6 Å². The fourth-order valence-electron chi connectivity index (χ4n) is 2.72. The first kappa shape index (κ1) is 21.4.